The van der Waals surface area contributed by atoms with Crippen LogP contribution >= 0.6 is 11.8 Å². The first-order valence-electron chi connectivity index (χ1n) is 13.0. The first-order chi connectivity index (χ1) is 20.0. The van der Waals surface area contributed by atoms with Crippen LogP contribution in [0.2, 0.25) is 0 Å². The van der Waals surface area contributed by atoms with Gasteiger partial charge in [0, 0.05) is 12.1 Å². The van der Waals surface area contributed by atoms with Gasteiger partial charge in [-0.2, -0.15) is 0 Å². The predicted molar refractivity (Wildman–Crippen MR) is 161 cm³/mol. The lowest BCUT2D eigenvalue weighted by atomic mass is 10.1. The van der Waals surface area contributed by atoms with Gasteiger partial charge in [-0.05, 0) is 77.9 Å². The third-order valence-corrected chi connectivity index (χ3v) is 7.17. The van der Waals surface area contributed by atoms with Gasteiger partial charge < -0.3 is 9.47 Å². The van der Waals surface area contributed by atoms with Gasteiger partial charge in [-0.15, -0.1) is 0 Å². The topological polar surface area (TPSA) is 94.3 Å². The first-order valence-corrected chi connectivity index (χ1v) is 13.8. The summed E-state index contributed by atoms with van der Waals surface area (Å²) in [4.78, 5) is 31.1. The van der Waals surface area contributed by atoms with E-state index in [0.717, 1.165) is 22.4 Å². The molecule has 206 valence electrons. The number of aliphatic imine (C=N–C) groups is 1. The molecule has 0 bridgehead atoms. The van der Waals surface area contributed by atoms with Crippen LogP contribution in [0, 0.1) is 10.1 Å². The van der Waals surface area contributed by atoms with E-state index in [2.05, 4.69) is 0 Å². The third-order valence-electron chi connectivity index (χ3n) is 6.16. The van der Waals surface area contributed by atoms with E-state index in [1.807, 2.05) is 85.8 Å². The standard InChI is InChI=1S/C32H27N3O5S/c1-2-39-29-19-25(15-18-28(29)40-22-24-13-16-27(17-14-24)35(37)38)20-30-31(36)34(21-23-9-5-3-6-10-23)32(41-30)33-26-11-7-4-8-12-26/h3-20H,2,21-22H2,1H3/b30-20+,33-32?. The Morgan fingerprint density at radius 1 is 0.878 bits per heavy atom. The largest absolute Gasteiger partial charge is 0.490 e. The lowest BCUT2D eigenvalue weighted by Gasteiger charge is -2.15. The lowest BCUT2D eigenvalue weighted by Crippen LogP contribution is -2.28. The number of ether oxygens (including phenoxy) is 2. The number of thioether (sulfide) groups is 1. The van der Waals surface area contributed by atoms with Crippen molar-refractivity contribution < 1.29 is 19.2 Å². The highest BCUT2D eigenvalue weighted by atomic mass is 32.2. The fourth-order valence-electron chi connectivity index (χ4n) is 4.14. The molecule has 0 aromatic heterocycles. The van der Waals surface area contributed by atoms with Crippen molar-refractivity contribution in [2.45, 2.75) is 20.1 Å². The van der Waals surface area contributed by atoms with Gasteiger partial charge in [0.1, 0.15) is 6.61 Å². The van der Waals surface area contributed by atoms with Crippen LogP contribution < -0.4 is 9.47 Å². The molecule has 0 N–H and O–H groups in total. The second-order valence-electron chi connectivity index (χ2n) is 9.07. The highest BCUT2D eigenvalue weighted by molar-refractivity contribution is 8.18. The van der Waals surface area contributed by atoms with Gasteiger partial charge in [-0.25, -0.2) is 4.99 Å². The zero-order valence-corrected chi connectivity index (χ0v) is 23.1. The van der Waals surface area contributed by atoms with Gasteiger partial charge >= 0.3 is 0 Å². The van der Waals surface area contributed by atoms with E-state index in [-0.39, 0.29) is 18.2 Å². The Bertz CT molecular complexity index is 1590. The number of nitrogens with zero attached hydrogens (tertiary/aromatic N) is 3. The number of non-ortho nitro benzene ring substituents is 1. The molecule has 0 saturated carbocycles. The fourth-order valence-corrected chi connectivity index (χ4v) is 5.14. The minimum absolute atomic E-state index is 0.0276. The number of hydrogen-bond donors (Lipinski definition) is 0. The summed E-state index contributed by atoms with van der Waals surface area (Å²) in [5.41, 5.74) is 3.39. The lowest BCUT2D eigenvalue weighted by molar-refractivity contribution is -0.384. The zero-order chi connectivity index (χ0) is 28.6. The van der Waals surface area contributed by atoms with E-state index in [1.54, 1.807) is 23.1 Å². The summed E-state index contributed by atoms with van der Waals surface area (Å²) in [5, 5.41) is 11.5. The number of nitro benzene ring substituents is 1. The van der Waals surface area contributed by atoms with Gasteiger partial charge in [-0.1, -0.05) is 54.6 Å². The van der Waals surface area contributed by atoms with E-state index < -0.39 is 4.92 Å². The summed E-state index contributed by atoms with van der Waals surface area (Å²) in [6, 6.07) is 31.1. The molecule has 0 radical (unpaired) electrons. The molecule has 0 spiro atoms. The Hall–Kier alpha value is -4.89. The van der Waals surface area contributed by atoms with E-state index in [9.17, 15) is 14.9 Å². The van der Waals surface area contributed by atoms with Crippen LogP contribution in [0.15, 0.2) is 113 Å². The van der Waals surface area contributed by atoms with Crippen LogP contribution in [-0.2, 0) is 17.9 Å². The average Bonchev–Trinajstić information content (AvgIpc) is 3.27. The van der Waals surface area contributed by atoms with Gasteiger partial charge in [0.2, 0.25) is 0 Å². The highest BCUT2D eigenvalue weighted by Gasteiger charge is 2.33. The van der Waals surface area contributed by atoms with E-state index in [1.165, 1.54) is 23.9 Å². The summed E-state index contributed by atoms with van der Waals surface area (Å²) in [6.07, 6.45) is 1.83. The van der Waals surface area contributed by atoms with Crippen LogP contribution in [0.5, 0.6) is 11.5 Å². The van der Waals surface area contributed by atoms with E-state index >= 15 is 0 Å². The molecular formula is C32H27N3O5S. The van der Waals surface area contributed by atoms with Crippen molar-refractivity contribution in [3.8, 4) is 11.5 Å². The van der Waals surface area contributed by atoms with Crippen molar-refractivity contribution in [2.24, 2.45) is 4.99 Å². The van der Waals surface area contributed by atoms with E-state index in [4.69, 9.17) is 14.5 Å². The Balaban J connectivity index is 1.38. The molecule has 5 rings (SSSR count). The molecule has 0 atom stereocenters. The molecule has 4 aromatic rings. The highest BCUT2D eigenvalue weighted by Crippen LogP contribution is 2.37. The molecule has 1 amide bonds. The monoisotopic (exact) mass is 565 g/mol. The molecule has 1 fully saturated rings. The molecule has 1 saturated heterocycles. The summed E-state index contributed by atoms with van der Waals surface area (Å²) in [7, 11) is 0. The quantitative estimate of drug-likeness (QED) is 0.113. The van der Waals surface area contributed by atoms with Crippen molar-refractivity contribution in [2.75, 3.05) is 6.61 Å². The Kier molecular flexibility index (Phi) is 8.76. The number of amidine groups is 1. The van der Waals surface area contributed by atoms with Crippen LogP contribution in [0.1, 0.15) is 23.6 Å². The van der Waals surface area contributed by atoms with Gasteiger partial charge in [0.05, 0.1) is 28.7 Å². The van der Waals surface area contributed by atoms with E-state index in [0.29, 0.717) is 34.7 Å². The number of carbonyl (C=O) groups is 1. The summed E-state index contributed by atoms with van der Waals surface area (Å²) in [5.74, 6) is 0.957. The number of nitro groups is 1. The molecule has 8 nitrogen and oxygen atoms in total. The Labute approximate surface area is 242 Å². The Morgan fingerprint density at radius 3 is 2.27 bits per heavy atom. The number of carbonyl (C=O) groups excluding carboxylic acids is 1. The molecule has 41 heavy (non-hydrogen) atoms. The smallest absolute Gasteiger partial charge is 0.269 e. The molecule has 4 aromatic carbocycles. The van der Waals surface area contributed by atoms with Crippen molar-refractivity contribution in [1.82, 2.24) is 4.90 Å². The summed E-state index contributed by atoms with van der Waals surface area (Å²) >= 11 is 1.34. The maximum absolute atomic E-state index is 13.6. The van der Waals surface area contributed by atoms with Crippen LogP contribution in [0.25, 0.3) is 6.08 Å². The van der Waals surface area contributed by atoms with Gasteiger partial charge in [0.15, 0.2) is 16.7 Å². The minimum Gasteiger partial charge on any atom is -0.490 e. The minimum atomic E-state index is -0.435. The summed E-state index contributed by atoms with van der Waals surface area (Å²) < 4.78 is 11.8. The second kappa shape index (κ2) is 13.0. The van der Waals surface area contributed by atoms with Crippen molar-refractivity contribution in [3.05, 3.63) is 135 Å². The maximum atomic E-state index is 13.6. The molecule has 1 aliphatic rings. The van der Waals surface area contributed by atoms with Gasteiger partial charge in [0.25, 0.3) is 11.6 Å². The number of amides is 1. The van der Waals surface area contributed by atoms with Crippen LogP contribution in [0.4, 0.5) is 11.4 Å². The SMILES string of the molecule is CCOc1cc(/C=C2/SC(=Nc3ccccc3)N(Cc3ccccc3)C2=O)ccc1OCc1ccc([N+](=O)[O-])cc1. The molecular weight excluding hydrogens is 538 g/mol. The zero-order valence-electron chi connectivity index (χ0n) is 22.3. The molecule has 0 aliphatic carbocycles. The normalized spacial score (nSPS) is 15.0. The molecule has 9 heteroatoms. The number of para-hydroxylation sites is 1. The van der Waals surface area contributed by atoms with Crippen molar-refractivity contribution >= 4 is 40.3 Å². The van der Waals surface area contributed by atoms with Crippen molar-refractivity contribution in [3.63, 3.8) is 0 Å². The van der Waals surface area contributed by atoms with Crippen LogP contribution in [-0.4, -0.2) is 27.5 Å². The maximum Gasteiger partial charge on any atom is 0.269 e. The molecule has 0 unspecified atom stereocenters. The summed E-state index contributed by atoms with van der Waals surface area (Å²) in [6.45, 7) is 2.95. The second-order valence-corrected chi connectivity index (χ2v) is 10.1. The first kappa shape index (κ1) is 27.7. The third kappa shape index (κ3) is 7.01. The molecule has 1 heterocycles. The molecule has 1 aliphatic heterocycles. The predicted octanol–water partition coefficient (Wildman–Crippen LogP) is 7.38. The fraction of sp³-hybridized carbons (Fsp3) is 0.125. The van der Waals surface area contributed by atoms with Gasteiger partial charge in [-0.3, -0.25) is 19.8 Å². The van der Waals surface area contributed by atoms with Crippen molar-refractivity contribution in [1.29, 1.82) is 0 Å². The average molecular weight is 566 g/mol. The van der Waals surface area contributed by atoms with Crippen LogP contribution in [0.3, 0.4) is 0 Å². The number of hydrogen-bond acceptors (Lipinski definition) is 7. The Morgan fingerprint density at radius 2 is 1.59 bits per heavy atom. The number of benzene rings is 4. The number of rotatable bonds is 10.